The van der Waals surface area contributed by atoms with Crippen LogP contribution < -0.4 is 4.90 Å². The molecule has 1 aliphatic carbocycles. The van der Waals surface area contributed by atoms with Gasteiger partial charge < -0.3 is 4.74 Å². The average molecular weight is 397 g/mol. The van der Waals surface area contributed by atoms with Gasteiger partial charge in [-0.25, -0.2) is 4.79 Å². The van der Waals surface area contributed by atoms with Crippen LogP contribution >= 0.6 is 0 Å². The number of rotatable bonds is 3. The molecule has 3 aromatic rings. The molecule has 0 N–H and O–H groups in total. The molecule has 1 amide bonds. The summed E-state index contributed by atoms with van der Waals surface area (Å²) in [6, 6.07) is 20.7. The summed E-state index contributed by atoms with van der Waals surface area (Å²) < 4.78 is 45.2. The highest BCUT2D eigenvalue weighted by molar-refractivity contribution is 5.88. The molecular formula is C23H18F3NO2. The van der Waals surface area contributed by atoms with Crippen LogP contribution in [0.2, 0.25) is 0 Å². The first-order valence-corrected chi connectivity index (χ1v) is 9.13. The van der Waals surface area contributed by atoms with Crippen molar-refractivity contribution in [1.29, 1.82) is 0 Å². The van der Waals surface area contributed by atoms with Crippen molar-refractivity contribution in [1.82, 2.24) is 0 Å². The van der Waals surface area contributed by atoms with E-state index in [0.717, 1.165) is 33.2 Å². The minimum Gasteiger partial charge on any atom is -0.448 e. The Morgan fingerprint density at radius 3 is 2.00 bits per heavy atom. The Morgan fingerprint density at radius 2 is 1.41 bits per heavy atom. The molecule has 3 aromatic carbocycles. The Morgan fingerprint density at radius 1 is 0.897 bits per heavy atom. The van der Waals surface area contributed by atoms with Crippen LogP contribution in [0.3, 0.4) is 0 Å². The topological polar surface area (TPSA) is 29.5 Å². The molecule has 0 aliphatic heterocycles. The molecule has 0 bridgehead atoms. The highest BCUT2D eigenvalue weighted by Gasteiger charge is 2.35. The first-order valence-electron chi connectivity index (χ1n) is 9.13. The van der Waals surface area contributed by atoms with Crippen molar-refractivity contribution >= 4 is 11.8 Å². The van der Waals surface area contributed by atoms with Gasteiger partial charge in [0.1, 0.15) is 6.61 Å². The number of alkyl halides is 3. The number of carbonyl (C=O) groups is 1. The SMILES string of the molecule is CN(C(=O)OCC1c2ccccc2-c2ccccc21)c1ccccc1C(F)(F)F. The van der Waals surface area contributed by atoms with Gasteiger partial charge in [-0.05, 0) is 34.4 Å². The van der Waals surface area contributed by atoms with Crippen molar-refractivity contribution in [3.63, 3.8) is 0 Å². The summed E-state index contributed by atoms with van der Waals surface area (Å²) in [5, 5.41) is 0. The van der Waals surface area contributed by atoms with Gasteiger partial charge in [-0.3, -0.25) is 4.90 Å². The number of anilines is 1. The average Bonchev–Trinajstić information content (AvgIpc) is 3.05. The lowest BCUT2D eigenvalue weighted by Crippen LogP contribution is -2.30. The monoisotopic (exact) mass is 397 g/mol. The van der Waals surface area contributed by atoms with Crippen LogP contribution in [0.1, 0.15) is 22.6 Å². The lowest BCUT2D eigenvalue weighted by molar-refractivity contribution is -0.137. The van der Waals surface area contributed by atoms with Crippen LogP contribution in [0.5, 0.6) is 0 Å². The van der Waals surface area contributed by atoms with E-state index < -0.39 is 17.8 Å². The summed E-state index contributed by atoms with van der Waals surface area (Å²) >= 11 is 0. The van der Waals surface area contributed by atoms with Crippen LogP contribution in [0.4, 0.5) is 23.7 Å². The molecule has 3 nitrogen and oxygen atoms in total. The Hall–Kier alpha value is -3.28. The maximum Gasteiger partial charge on any atom is 0.418 e. The van der Waals surface area contributed by atoms with E-state index in [9.17, 15) is 18.0 Å². The first-order chi connectivity index (χ1) is 13.9. The molecular weight excluding hydrogens is 379 g/mol. The van der Waals surface area contributed by atoms with Crippen LogP contribution in [0.15, 0.2) is 72.8 Å². The molecule has 0 spiro atoms. The largest absolute Gasteiger partial charge is 0.448 e. The fraction of sp³-hybridized carbons (Fsp3) is 0.174. The zero-order valence-electron chi connectivity index (χ0n) is 15.6. The number of benzene rings is 3. The smallest absolute Gasteiger partial charge is 0.418 e. The van der Waals surface area contributed by atoms with Gasteiger partial charge >= 0.3 is 12.3 Å². The number of hydrogen-bond donors (Lipinski definition) is 0. The van der Waals surface area contributed by atoms with E-state index in [1.807, 2.05) is 48.5 Å². The standard InChI is InChI=1S/C23H18F3NO2/c1-27(21-13-7-6-12-20(21)23(24,25)26)22(28)29-14-19-17-10-4-2-8-15(17)16-9-3-5-11-18(16)19/h2-13,19H,14H2,1H3. The third-order valence-electron chi connectivity index (χ3n) is 5.18. The van der Waals surface area contributed by atoms with E-state index in [1.54, 1.807) is 0 Å². The highest BCUT2D eigenvalue weighted by atomic mass is 19.4. The molecule has 0 saturated heterocycles. The molecule has 148 valence electrons. The van der Waals surface area contributed by atoms with E-state index >= 15 is 0 Å². The molecule has 0 unspecified atom stereocenters. The predicted octanol–water partition coefficient (Wildman–Crippen LogP) is 6.09. The molecule has 29 heavy (non-hydrogen) atoms. The summed E-state index contributed by atoms with van der Waals surface area (Å²) in [4.78, 5) is 13.4. The summed E-state index contributed by atoms with van der Waals surface area (Å²) in [5.41, 5.74) is 3.13. The predicted molar refractivity (Wildman–Crippen MR) is 105 cm³/mol. The van der Waals surface area contributed by atoms with Gasteiger partial charge in [0, 0.05) is 13.0 Å². The molecule has 1 aliphatic rings. The number of carbonyl (C=O) groups excluding carboxylic acids is 1. The quantitative estimate of drug-likeness (QED) is 0.535. The number of hydrogen-bond acceptors (Lipinski definition) is 2. The van der Waals surface area contributed by atoms with E-state index in [1.165, 1.54) is 25.2 Å². The van der Waals surface area contributed by atoms with Gasteiger partial charge in [-0.15, -0.1) is 0 Å². The van der Waals surface area contributed by atoms with Gasteiger partial charge in [0.2, 0.25) is 0 Å². The molecule has 0 atom stereocenters. The number of amides is 1. The molecule has 0 heterocycles. The third-order valence-corrected chi connectivity index (χ3v) is 5.18. The Bertz CT molecular complexity index is 1020. The van der Waals surface area contributed by atoms with Crippen molar-refractivity contribution < 1.29 is 22.7 Å². The van der Waals surface area contributed by atoms with E-state index in [0.29, 0.717) is 0 Å². The number of ether oxygens (including phenoxy) is 1. The maximum atomic E-state index is 13.3. The molecule has 0 radical (unpaired) electrons. The minimum atomic E-state index is -4.56. The van der Waals surface area contributed by atoms with Crippen molar-refractivity contribution in [3.05, 3.63) is 89.5 Å². The van der Waals surface area contributed by atoms with Crippen molar-refractivity contribution in [3.8, 4) is 11.1 Å². The fourth-order valence-corrected chi connectivity index (χ4v) is 3.80. The second-order valence-electron chi connectivity index (χ2n) is 6.88. The second kappa shape index (κ2) is 7.28. The highest BCUT2D eigenvalue weighted by Crippen LogP contribution is 2.44. The number of fused-ring (bicyclic) bond motifs is 3. The zero-order chi connectivity index (χ0) is 20.6. The van der Waals surface area contributed by atoms with Crippen molar-refractivity contribution in [2.45, 2.75) is 12.1 Å². The van der Waals surface area contributed by atoms with Gasteiger partial charge in [0.05, 0.1) is 11.3 Å². The van der Waals surface area contributed by atoms with Crippen LogP contribution in [-0.2, 0) is 10.9 Å². The van der Waals surface area contributed by atoms with E-state index in [-0.39, 0.29) is 18.2 Å². The number of halogens is 3. The lowest BCUT2D eigenvalue weighted by atomic mass is 9.98. The van der Waals surface area contributed by atoms with Crippen LogP contribution in [0, 0.1) is 0 Å². The summed E-state index contributed by atoms with van der Waals surface area (Å²) in [7, 11) is 1.28. The Kier molecular flexibility index (Phi) is 4.78. The van der Waals surface area contributed by atoms with Crippen LogP contribution in [-0.4, -0.2) is 19.7 Å². The Labute approximate surface area is 166 Å². The summed E-state index contributed by atoms with van der Waals surface area (Å²) in [5.74, 6) is -0.155. The van der Waals surface area contributed by atoms with Gasteiger partial charge in [-0.2, -0.15) is 13.2 Å². The number of para-hydroxylation sites is 1. The first kappa shape index (κ1) is 19.1. The molecule has 6 heteroatoms. The van der Waals surface area contributed by atoms with Gasteiger partial charge in [0.25, 0.3) is 0 Å². The fourth-order valence-electron chi connectivity index (χ4n) is 3.80. The lowest BCUT2D eigenvalue weighted by Gasteiger charge is -2.22. The van der Waals surface area contributed by atoms with Gasteiger partial charge in [0.15, 0.2) is 0 Å². The molecule has 0 fully saturated rings. The van der Waals surface area contributed by atoms with E-state index in [4.69, 9.17) is 4.74 Å². The Balaban J connectivity index is 1.55. The molecule has 0 saturated carbocycles. The maximum absolute atomic E-state index is 13.3. The van der Waals surface area contributed by atoms with Gasteiger partial charge in [-0.1, -0.05) is 60.7 Å². The third kappa shape index (κ3) is 3.46. The van der Waals surface area contributed by atoms with Crippen molar-refractivity contribution in [2.75, 3.05) is 18.6 Å². The summed E-state index contributed by atoms with van der Waals surface area (Å²) in [6.45, 7) is 0.0470. The van der Waals surface area contributed by atoms with Crippen molar-refractivity contribution in [2.24, 2.45) is 0 Å². The summed E-state index contributed by atoms with van der Waals surface area (Å²) in [6.07, 6.45) is -5.39. The second-order valence-corrected chi connectivity index (χ2v) is 6.88. The molecule has 0 aromatic heterocycles. The zero-order valence-corrected chi connectivity index (χ0v) is 15.6. The van der Waals surface area contributed by atoms with Crippen LogP contribution in [0.25, 0.3) is 11.1 Å². The van der Waals surface area contributed by atoms with E-state index in [2.05, 4.69) is 0 Å². The normalized spacial score (nSPS) is 13.0. The number of nitrogens with zero attached hydrogens (tertiary/aromatic N) is 1. The minimum absolute atomic E-state index is 0.0470. The molecule has 4 rings (SSSR count).